The van der Waals surface area contributed by atoms with Crippen molar-refractivity contribution < 1.29 is 0 Å². The first kappa shape index (κ1) is 18.1. The van der Waals surface area contributed by atoms with Gasteiger partial charge in [0.25, 0.3) is 0 Å². The number of imidazole rings is 1. The summed E-state index contributed by atoms with van der Waals surface area (Å²) < 4.78 is 2.23. The second kappa shape index (κ2) is 8.13. The van der Waals surface area contributed by atoms with Crippen LogP contribution >= 0.6 is 0 Å². The number of piperazine rings is 1. The minimum atomic E-state index is 0.327. The monoisotopic (exact) mass is 341 g/mol. The van der Waals surface area contributed by atoms with Gasteiger partial charge in [-0.1, -0.05) is 37.3 Å². The van der Waals surface area contributed by atoms with E-state index in [1.165, 1.54) is 17.0 Å². The summed E-state index contributed by atoms with van der Waals surface area (Å²) in [6.07, 6.45) is 0. The summed E-state index contributed by atoms with van der Waals surface area (Å²) in [7, 11) is 4.16. The molecule has 1 aromatic heterocycles. The molecule has 1 aliphatic rings. The Bertz CT molecular complexity index is 671. The highest BCUT2D eigenvalue weighted by molar-refractivity contribution is 5.56. The summed E-state index contributed by atoms with van der Waals surface area (Å²) in [5.74, 6) is 1.06. The number of rotatable bonds is 6. The van der Waals surface area contributed by atoms with Crippen molar-refractivity contribution in [3.05, 3.63) is 41.7 Å². The molecule has 3 rings (SSSR count). The first-order valence-corrected chi connectivity index (χ1v) is 9.35. The average Bonchev–Trinajstić information content (AvgIpc) is 2.96. The molecule has 5 heteroatoms. The van der Waals surface area contributed by atoms with Crippen LogP contribution in [0.1, 0.15) is 24.4 Å². The van der Waals surface area contributed by atoms with Crippen LogP contribution in [0.25, 0.3) is 11.4 Å². The molecule has 0 spiro atoms. The van der Waals surface area contributed by atoms with Crippen molar-refractivity contribution in [3.8, 4) is 11.4 Å². The Morgan fingerprint density at radius 2 is 1.80 bits per heavy atom. The Balaban J connectivity index is 1.89. The largest absolute Gasteiger partial charge is 0.331 e. The molecule has 5 nitrogen and oxygen atoms in total. The summed E-state index contributed by atoms with van der Waals surface area (Å²) >= 11 is 0. The van der Waals surface area contributed by atoms with Crippen molar-refractivity contribution in [3.63, 3.8) is 0 Å². The van der Waals surface area contributed by atoms with E-state index >= 15 is 0 Å². The molecule has 2 aromatic rings. The van der Waals surface area contributed by atoms with Gasteiger partial charge in [0.15, 0.2) is 0 Å². The molecule has 1 atom stereocenters. The molecule has 0 aliphatic carbocycles. The predicted molar refractivity (Wildman–Crippen MR) is 104 cm³/mol. The fourth-order valence-corrected chi connectivity index (χ4v) is 3.75. The molecule has 2 heterocycles. The number of aromatic nitrogens is 2. The molecule has 0 radical (unpaired) electrons. The molecule has 1 unspecified atom stereocenters. The van der Waals surface area contributed by atoms with E-state index in [1.807, 2.05) is 7.05 Å². The lowest BCUT2D eigenvalue weighted by Gasteiger charge is -2.38. The van der Waals surface area contributed by atoms with Crippen LogP contribution in [-0.4, -0.2) is 65.7 Å². The zero-order valence-corrected chi connectivity index (χ0v) is 16.0. The number of nitrogens with zero attached hydrogens (tertiary/aromatic N) is 4. The van der Waals surface area contributed by atoms with Gasteiger partial charge in [0.05, 0.1) is 11.7 Å². The third-order valence-electron chi connectivity index (χ3n) is 5.46. The number of benzene rings is 1. The minimum absolute atomic E-state index is 0.327. The Hall–Kier alpha value is -1.69. The second-order valence-corrected chi connectivity index (χ2v) is 6.87. The second-order valence-electron chi connectivity index (χ2n) is 6.87. The van der Waals surface area contributed by atoms with Gasteiger partial charge in [-0.15, -0.1) is 0 Å². The topological polar surface area (TPSA) is 36.3 Å². The SMILES string of the molecule is CCN1CCN(C(CNC)c2nc(-c3ccccc3)n(C)c2C)CC1. The van der Waals surface area contributed by atoms with Crippen molar-refractivity contribution in [1.82, 2.24) is 24.7 Å². The quantitative estimate of drug-likeness (QED) is 0.875. The summed E-state index contributed by atoms with van der Waals surface area (Å²) in [5, 5.41) is 3.38. The van der Waals surface area contributed by atoms with E-state index < -0.39 is 0 Å². The first-order chi connectivity index (χ1) is 12.2. The highest BCUT2D eigenvalue weighted by Crippen LogP contribution is 2.28. The van der Waals surface area contributed by atoms with E-state index in [2.05, 4.69) is 70.9 Å². The minimum Gasteiger partial charge on any atom is -0.331 e. The zero-order chi connectivity index (χ0) is 17.8. The highest BCUT2D eigenvalue weighted by atomic mass is 15.3. The van der Waals surface area contributed by atoms with E-state index in [0.717, 1.165) is 45.1 Å². The molecule has 1 aliphatic heterocycles. The van der Waals surface area contributed by atoms with Gasteiger partial charge in [-0.25, -0.2) is 4.98 Å². The van der Waals surface area contributed by atoms with E-state index in [4.69, 9.17) is 4.98 Å². The third-order valence-corrected chi connectivity index (χ3v) is 5.46. The molecule has 25 heavy (non-hydrogen) atoms. The van der Waals surface area contributed by atoms with Crippen LogP contribution in [0.4, 0.5) is 0 Å². The maximum atomic E-state index is 5.08. The van der Waals surface area contributed by atoms with Crippen molar-refractivity contribution in [2.24, 2.45) is 7.05 Å². The number of hydrogen-bond donors (Lipinski definition) is 1. The maximum Gasteiger partial charge on any atom is 0.140 e. The number of nitrogens with one attached hydrogen (secondary N) is 1. The molecule has 136 valence electrons. The van der Waals surface area contributed by atoms with Gasteiger partial charge in [-0.3, -0.25) is 4.90 Å². The molecule has 0 saturated carbocycles. The van der Waals surface area contributed by atoms with Gasteiger partial charge in [-0.2, -0.15) is 0 Å². The zero-order valence-electron chi connectivity index (χ0n) is 16.0. The van der Waals surface area contributed by atoms with Gasteiger partial charge >= 0.3 is 0 Å². The number of likely N-dealkylation sites (N-methyl/N-ethyl adjacent to an activating group) is 2. The molecular weight excluding hydrogens is 310 g/mol. The Morgan fingerprint density at radius 1 is 1.12 bits per heavy atom. The van der Waals surface area contributed by atoms with Crippen molar-refractivity contribution in [2.75, 3.05) is 46.3 Å². The Kier molecular flexibility index (Phi) is 5.89. The van der Waals surface area contributed by atoms with Crippen molar-refractivity contribution in [2.45, 2.75) is 19.9 Å². The standard InChI is InChI=1S/C20H31N5/c1-5-24-11-13-25(14-12-24)18(15-21-3)19-16(2)23(4)20(22-19)17-9-7-6-8-10-17/h6-10,18,21H,5,11-15H2,1-4H3. The smallest absolute Gasteiger partial charge is 0.140 e. The normalized spacial score (nSPS) is 17.8. The molecule has 0 amide bonds. The van der Waals surface area contributed by atoms with Crippen LogP contribution in [-0.2, 0) is 7.05 Å². The first-order valence-electron chi connectivity index (χ1n) is 9.35. The van der Waals surface area contributed by atoms with E-state index in [1.54, 1.807) is 0 Å². The number of hydrogen-bond acceptors (Lipinski definition) is 4. The lowest BCUT2D eigenvalue weighted by atomic mass is 10.1. The van der Waals surface area contributed by atoms with Crippen molar-refractivity contribution >= 4 is 0 Å². The summed E-state index contributed by atoms with van der Waals surface area (Å²) in [6, 6.07) is 10.8. The molecule has 0 bridgehead atoms. The fourth-order valence-electron chi connectivity index (χ4n) is 3.75. The third kappa shape index (κ3) is 3.78. The van der Waals surface area contributed by atoms with Gasteiger partial charge in [0, 0.05) is 51.0 Å². The average molecular weight is 342 g/mol. The van der Waals surface area contributed by atoms with Crippen LogP contribution < -0.4 is 5.32 Å². The van der Waals surface area contributed by atoms with Crippen LogP contribution in [0.3, 0.4) is 0 Å². The van der Waals surface area contributed by atoms with Crippen LogP contribution in [0.5, 0.6) is 0 Å². The maximum absolute atomic E-state index is 5.08. The van der Waals surface area contributed by atoms with Crippen LogP contribution in [0.15, 0.2) is 30.3 Å². The summed E-state index contributed by atoms with van der Waals surface area (Å²) in [6.45, 7) is 11.0. The highest BCUT2D eigenvalue weighted by Gasteiger charge is 2.28. The lowest BCUT2D eigenvalue weighted by molar-refractivity contribution is 0.0973. The Labute approximate surface area is 151 Å². The molecule has 1 saturated heterocycles. The van der Waals surface area contributed by atoms with Gasteiger partial charge in [0.1, 0.15) is 5.82 Å². The van der Waals surface area contributed by atoms with E-state index in [0.29, 0.717) is 6.04 Å². The van der Waals surface area contributed by atoms with E-state index in [-0.39, 0.29) is 0 Å². The summed E-state index contributed by atoms with van der Waals surface area (Å²) in [5.41, 5.74) is 3.65. The molecule has 1 N–H and O–H groups in total. The Morgan fingerprint density at radius 3 is 2.40 bits per heavy atom. The fraction of sp³-hybridized carbons (Fsp3) is 0.550. The molecular formula is C20H31N5. The van der Waals surface area contributed by atoms with Gasteiger partial charge in [-0.05, 0) is 20.5 Å². The van der Waals surface area contributed by atoms with Crippen molar-refractivity contribution in [1.29, 1.82) is 0 Å². The molecule has 1 aromatic carbocycles. The van der Waals surface area contributed by atoms with Gasteiger partial charge < -0.3 is 14.8 Å². The molecule has 1 fully saturated rings. The van der Waals surface area contributed by atoms with Crippen LogP contribution in [0, 0.1) is 6.92 Å². The van der Waals surface area contributed by atoms with E-state index in [9.17, 15) is 0 Å². The predicted octanol–water partition coefficient (Wildman–Crippen LogP) is 2.29. The van der Waals surface area contributed by atoms with Crippen LogP contribution in [0.2, 0.25) is 0 Å². The summed E-state index contributed by atoms with van der Waals surface area (Å²) in [4.78, 5) is 10.2. The lowest BCUT2D eigenvalue weighted by Crippen LogP contribution is -2.49. The van der Waals surface area contributed by atoms with Gasteiger partial charge in [0.2, 0.25) is 0 Å².